The summed E-state index contributed by atoms with van der Waals surface area (Å²) in [5.41, 5.74) is 1.42. The molecule has 0 saturated carbocycles. The Morgan fingerprint density at radius 3 is 2.64 bits per heavy atom. The summed E-state index contributed by atoms with van der Waals surface area (Å²) in [5, 5.41) is 3.38. The molecule has 1 unspecified atom stereocenters. The summed E-state index contributed by atoms with van der Waals surface area (Å²) in [7, 11) is 0. The van der Waals surface area contributed by atoms with Gasteiger partial charge in [0, 0.05) is 0 Å². The summed E-state index contributed by atoms with van der Waals surface area (Å²) in [5.74, 6) is 1.25. The molecule has 0 aromatic heterocycles. The molecular formula is C17H16ClNO3. The highest BCUT2D eigenvalue weighted by Gasteiger charge is 2.17. The van der Waals surface area contributed by atoms with Gasteiger partial charge in [0.05, 0.1) is 16.6 Å². The molecule has 1 aliphatic rings. The van der Waals surface area contributed by atoms with Crippen molar-refractivity contribution < 1.29 is 14.3 Å². The Hall–Kier alpha value is -2.20. The van der Waals surface area contributed by atoms with Gasteiger partial charge in [-0.2, -0.15) is 0 Å². The van der Waals surface area contributed by atoms with Crippen LogP contribution in [0.4, 0.5) is 0 Å². The second-order valence-electron chi connectivity index (χ2n) is 5.08. The van der Waals surface area contributed by atoms with Gasteiger partial charge in [-0.15, -0.1) is 0 Å². The standard InChI is InChI=1S/C17H16ClNO3/c1-11(19-17(20)13-4-2-3-5-14(13)18)12-6-7-15-16(10-12)22-9-8-21-15/h2-7,10-11H,8-9H2,1H3,(H,19,20). The molecule has 0 aliphatic carbocycles. The highest BCUT2D eigenvalue weighted by molar-refractivity contribution is 6.33. The molecule has 114 valence electrons. The smallest absolute Gasteiger partial charge is 0.253 e. The van der Waals surface area contributed by atoms with Gasteiger partial charge >= 0.3 is 0 Å². The van der Waals surface area contributed by atoms with E-state index in [9.17, 15) is 4.79 Å². The quantitative estimate of drug-likeness (QED) is 0.941. The van der Waals surface area contributed by atoms with Gasteiger partial charge in [-0.25, -0.2) is 0 Å². The number of halogens is 1. The second kappa shape index (κ2) is 6.28. The van der Waals surface area contributed by atoms with E-state index in [0.717, 1.165) is 11.3 Å². The Morgan fingerprint density at radius 2 is 1.86 bits per heavy atom. The topological polar surface area (TPSA) is 47.6 Å². The van der Waals surface area contributed by atoms with Crippen molar-refractivity contribution in [2.24, 2.45) is 0 Å². The van der Waals surface area contributed by atoms with Crippen LogP contribution in [0.1, 0.15) is 28.9 Å². The van der Waals surface area contributed by atoms with Gasteiger partial charge in [0.1, 0.15) is 13.2 Å². The minimum Gasteiger partial charge on any atom is -0.486 e. The first-order valence-corrected chi connectivity index (χ1v) is 7.48. The first kappa shape index (κ1) is 14.7. The highest BCUT2D eigenvalue weighted by Crippen LogP contribution is 2.32. The Kier molecular flexibility index (Phi) is 4.20. The Labute approximate surface area is 134 Å². The summed E-state index contributed by atoms with van der Waals surface area (Å²) in [6.45, 7) is 3.02. The average Bonchev–Trinajstić information content (AvgIpc) is 2.54. The zero-order chi connectivity index (χ0) is 15.5. The summed E-state index contributed by atoms with van der Waals surface area (Å²) in [4.78, 5) is 12.3. The monoisotopic (exact) mass is 317 g/mol. The molecule has 2 aromatic carbocycles. The Bertz CT molecular complexity index is 702. The van der Waals surface area contributed by atoms with E-state index >= 15 is 0 Å². The van der Waals surface area contributed by atoms with E-state index < -0.39 is 0 Å². The number of hydrogen-bond donors (Lipinski definition) is 1. The lowest BCUT2D eigenvalue weighted by atomic mass is 10.1. The molecule has 0 spiro atoms. The molecule has 0 radical (unpaired) electrons. The molecule has 22 heavy (non-hydrogen) atoms. The molecular weight excluding hydrogens is 302 g/mol. The third-order valence-electron chi connectivity index (χ3n) is 3.53. The van der Waals surface area contributed by atoms with Crippen LogP contribution in [-0.2, 0) is 0 Å². The molecule has 3 rings (SSSR count). The van der Waals surface area contributed by atoms with Crippen LogP contribution in [0.2, 0.25) is 5.02 Å². The molecule has 5 heteroatoms. The number of amides is 1. The number of rotatable bonds is 3. The number of carbonyl (C=O) groups is 1. The molecule has 0 bridgehead atoms. The van der Waals surface area contributed by atoms with Gasteiger partial charge in [0.15, 0.2) is 11.5 Å². The number of fused-ring (bicyclic) bond motifs is 1. The third-order valence-corrected chi connectivity index (χ3v) is 3.86. The molecule has 1 aliphatic heterocycles. The van der Waals surface area contributed by atoms with Crippen LogP contribution in [0.25, 0.3) is 0 Å². The van der Waals surface area contributed by atoms with E-state index in [4.69, 9.17) is 21.1 Å². The van der Waals surface area contributed by atoms with Gasteiger partial charge in [-0.1, -0.05) is 29.8 Å². The fraction of sp³-hybridized carbons (Fsp3) is 0.235. The predicted molar refractivity (Wildman–Crippen MR) is 84.8 cm³/mol. The first-order valence-electron chi connectivity index (χ1n) is 7.10. The Morgan fingerprint density at radius 1 is 1.14 bits per heavy atom. The maximum absolute atomic E-state index is 12.3. The number of benzene rings is 2. The highest BCUT2D eigenvalue weighted by atomic mass is 35.5. The van der Waals surface area contributed by atoms with E-state index in [1.54, 1.807) is 24.3 Å². The van der Waals surface area contributed by atoms with Gasteiger partial charge < -0.3 is 14.8 Å². The van der Waals surface area contributed by atoms with Crippen LogP contribution < -0.4 is 14.8 Å². The SMILES string of the molecule is CC(NC(=O)c1ccccc1Cl)c1ccc2c(c1)OCCO2. The maximum Gasteiger partial charge on any atom is 0.253 e. The van der Waals surface area contributed by atoms with E-state index in [-0.39, 0.29) is 11.9 Å². The van der Waals surface area contributed by atoms with Crippen LogP contribution in [0.5, 0.6) is 11.5 Å². The predicted octanol–water partition coefficient (Wildman–Crippen LogP) is 3.60. The number of nitrogens with one attached hydrogen (secondary N) is 1. The van der Waals surface area contributed by atoms with Crippen molar-refractivity contribution in [3.63, 3.8) is 0 Å². The van der Waals surface area contributed by atoms with Crippen LogP contribution >= 0.6 is 11.6 Å². The lowest BCUT2D eigenvalue weighted by Crippen LogP contribution is -2.27. The summed E-state index contributed by atoms with van der Waals surface area (Å²) in [6, 6.07) is 12.5. The third kappa shape index (κ3) is 3.02. The van der Waals surface area contributed by atoms with Gasteiger partial charge in [-0.3, -0.25) is 4.79 Å². The van der Waals surface area contributed by atoms with Crippen molar-refractivity contribution in [3.05, 3.63) is 58.6 Å². The summed E-state index contributed by atoms with van der Waals surface area (Å²) < 4.78 is 11.1. The number of ether oxygens (including phenoxy) is 2. The number of hydrogen-bond acceptors (Lipinski definition) is 3. The van der Waals surface area contributed by atoms with Crippen LogP contribution in [0.15, 0.2) is 42.5 Å². The lowest BCUT2D eigenvalue weighted by Gasteiger charge is -2.21. The van der Waals surface area contributed by atoms with E-state index in [1.165, 1.54) is 0 Å². The fourth-order valence-electron chi connectivity index (χ4n) is 2.33. The van der Waals surface area contributed by atoms with Crippen LogP contribution in [0.3, 0.4) is 0 Å². The van der Waals surface area contributed by atoms with Crippen LogP contribution in [0, 0.1) is 0 Å². The summed E-state index contributed by atoms with van der Waals surface area (Å²) in [6.07, 6.45) is 0. The van der Waals surface area contributed by atoms with Crippen molar-refractivity contribution in [1.29, 1.82) is 0 Å². The molecule has 4 nitrogen and oxygen atoms in total. The first-order chi connectivity index (χ1) is 10.6. The Balaban J connectivity index is 1.76. The van der Waals surface area contributed by atoms with Crippen molar-refractivity contribution in [2.45, 2.75) is 13.0 Å². The number of carbonyl (C=O) groups excluding carboxylic acids is 1. The zero-order valence-corrected chi connectivity index (χ0v) is 12.9. The zero-order valence-electron chi connectivity index (χ0n) is 12.1. The molecule has 1 amide bonds. The van der Waals surface area contributed by atoms with Crippen molar-refractivity contribution in [1.82, 2.24) is 5.32 Å². The normalized spacial score (nSPS) is 14.3. The average molecular weight is 318 g/mol. The van der Waals surface area contributed by atoms with E-state index in [2.05, 4.69) is 5.32 Å². The second-order valence-corrected chi connectivity index (χ2v) is 5.49. The molecule has 0 saturated heterocycles. The maximum atomic E-state index is 12.3. The van der Waals surface area contributed by atoms with E-state index in [1.807, 2.05) is 25.1 Å². The fourth-order valence-corrected chi connectivity index (χ4v) is 2.55. The van der Waals surface area contributed by atoms with Crippen LogP contribution in [-0.4, -0.2) is 19.1 Å². The summed E-state index contributed by atoms with van der Waals surface area (Å²) >= 11 is 6.05. The van der Waals surface area contributed by atoms with Gasteiger partial charge in [-0.05, 0) is 36.8 Å². The minimum atomic E-state index is -0.201. The molecule has 0 fully saturated rings. The molecule has 1 heterocycles. The largest absolute Gasteiger partial charge is 0.486 e. The van der Waals surface area contributed by atoms with Crippen molar-refractivity contribution in [2.75, 3.05) is 13.2 Å². The van der Waals surface area contributed by atoms with Crippen molar-refractivity contribution in [3.8, 4) is 11.5 Å². The molecule has 1 N–H and O–H groups in total. The molecule has 1 atom stereocenters. The van der Waals surface area contributed by atoms with Gasteiger partial charge in [0.2, 0.25) is 0 Å². The van der Waals surface area contributed by atoms with Gasteiger partial charge in [0.25, 0.3) is 5.91 Å². The van der Waals surface area contributed by atoms with E-state index in [0.29, 0.717) is 29.5 Å². The lowest BCUT2D eigenvalue weighted by molar-refractivity contribution is 0.0940. The van der Waals surface area contributed by atoms with Crippen molar-refractivity contribution >= 4 is 17.5 Å². The molecule has 2 aromatic rings. The minimum absolute atomic E-state index is 0.167.